The zero-order valence-electron chi connectivity index (χ0n) is 14.3. The fraction of sp³-hybridized carbons (Fsp3) is 0.200. The van der Waals surface area contributed by atoms with E-state index in [0.29, 0.717) is 18.7 Å². The number of phenolic OH excluding ortho intramolecular Hbond substituents is 1. The van der Waals surface area contributed by atoms with Crippen LogP contribution in [0.1, 0.15) is 17.2 Å². The minimum absolute atomic E-state index is 0.0752. The maximum absolute atomic E-state index is 13.1. The molecule has 4 rings (SSSR count). The summed E-state index contributed by atoms with van der Waals surface area (Å²) in [6.45, 7) is 0.901. The zero-order chi connectivity index (χ0) is 18.3. The van der Waals surface area contributed by atoms with E-state index in [-0.39, 0.29) is 17.7 Å². The van der Waals surface area contributed by atoms with Crippen LogP contribution in [-0.2, 0) is 11.3 Å². The molecule has 1 atom stereocenters. The molecular weight excluding hydrogens is 330 g/mol. The normalized spacial score (nSPS) is 19.7. The Balaban J connectivity index is 1.67. The van der Waals surface area contributed by atoms with Gasteiger partial charge in [-0.15, -0.1) is 0 Å². The number of likely N-dealkylation sites (N-methyl/N-ethyl adjacent to an activating group) is 1. The lowest BCUT2D eigenvalue weighted by Gasteiger charge is -2.31. The molecule has 2 N–H and O–H groups in total. The molecule has 132 valence electrons. The second-order valence-corrected chi connectivity index (χ2v) is 6.54. The number of nitrogens with zero attached hydrogens (tertiary/aromatic N) is 2. The van der Waals surface area contributed by atoms with Crippen LogP contribution in [-0.4, -0.2) is 40.4 Å². The van der Waals surface area contributed by atoms with Gasteiger partial charge in [0.2, 0.25) is 0 Å². The summed E-state index contributed by atoms with van der Waals surface area (Å²) >= 11 is 0. The summed E-state index contributed by atoms with van der Waals surface area (Å²) in [5, 5.41) is 12.4. The predicted molar refractivity (Wildman–Crippen MR) is 96.0 cm³/mol. The summed E-state index contributed by atoms with van der Waals surface area (Å²) in [4.78, 5) is 28.7. The van der Waals surface area contributed by atoms with Crippen molar-refractivity contribution < 1.29 is 14.7 Å². The molecule has 2 aliphatic heterocycles. The van der Waals surface area contributed by atoms with Gasteiger partial charge in [0.15, 0.2) is 0 Å². The van der Waals surface area contributed by atoms with Gasteiger partial charge in [-0.2, -0.15) is 0 Å². The Hall–Kier alpha value is -3.28. The third-order valence-electron chi connectivity index (χ3n) is 4.88. The Morgan fingerprint density at radius 2 is 1.77 bits per heavy atom. The van der Waals surface area contributed by atoms with Gasteiger partial charge in [-0.3, -0.25) is 9.69 Å². The number of hydrogen-bond acceptors (Lipinski definition) is 3. The average Bonchev–Trinajstić information content (AvgIpc) is 2.97. The van der Waals surface area contributed by atoms with E-state index in [1.165, 1.54) is 4.90 Å². The molecule has 0 radical (unpaired) electrons. The van der Waals surface area contributed by atoms with Crippen molar-refractivity contribution in [2.45, 2.75) is 12.6 Å². The van der Waals surface area contributed by atoms with Gasteiger partial charge in [-0.05, 0) is 23.3 Å². The number of benzene rings is 2. The molecular formula is C20H19N3O3. The van der Waals surface area contributed by atoms with Crippen molar-refractivity contribution in [3.63, 3.8) is 0 Å². The van der Waals surface area contributed by atoms with E-state index in [4.69, 9.17) is 0 Å². The molecule has 6 heteroatoms. The molecule has 0 saturated carbocycles. The highest BCUT2D eigenvalue weighted by atomic mass is 16.3. The first-order valence-electron chi connectivity index (χ1n) is 8.44. The predicted octanol–water partition coefficient (Wildman–Crippen LogP) is 2.38. The van der Waals surface area contributed by atoms with Crippen LogP contribution in [0.2, 0.25) is 0 Å². The fourth-order valence-electron chi connectivity index (χ4n) is 3.47. The Labute approximate surface area is 151 Å². The molecule has 2 aromatic carbocycles. The van der Waals surface area contributed by atoms with E-state index in [0.717, 1.165) is 16.8 Å². The fourth-order valence-corrected chi connectivity index (χ4v) is 3.47. The van der Waals surface area contributed by atoms with Crippen molar-refractivity contribution in [1.29, 1.82) is 0 Å². The lowest BCUT2D eigenvalue weighted by molar-refractivity contribution is -0.126. The summed E-state index contributed by atoms with van der Waals surface area (Å²) in [7, 11) is 1.68. The number of aromatic hydroxyl groups is 1. The van der Waals surface area contributed by atoms with Crippen LogP contribution >= 0.6 is 0 Å². The van der Waals surface area contributed by atoms with E-state index < -0.39 is 6.04 Å². The van der Waals surface area contributed by atoms with Crippen molar-refractivity contribution in [2.75, 3.05) is 13.6 Å². The molecule has 0 unspecified atom stereocenters. The van der Waals surface area contributed by atoms with E-state index >= 15 is 0 Å². The molecule has 2 aromatic rings. The Morgan fingerprint density at radius 1 is 1.08 bits per heavy atom. The lowest BCUT2D eigenvalue weighted by Crippen LogP contribution is -2.45. The van der Waals surface area contributed by atoms with Crippen LogP contribution in [0.25, 0.3) is 0 Å². The molecule has 0 fully saturated rings. The number of carbonyl (C=O) groups is 2. The largest absolute Gasteiger partial charge is 0.508 e. The maximum Gasteiger partial charge on any atom is 0.322 e. The number of hydrogen-bond donors (Lipinski definition) is 2. The van der Waals surface area contributed by atoms with Crippen molar-refractivity contribution in [3.8, 4) is 5.75 Å². The third kappa shape index (κ3) is 2.69. The van der Waals surface area contributed by atoms with Crippen molar-refractivity contribution in [1.82, 2.24) is 15.1 Å². The molecule has 0 aromatic heterocycles. The monoisotopic (exact) mass is 349 g/mol. The standard InChI is InChI=1S/C20H19N3O3/c1-22-16-12-23(11-13-5-3-2-4-6-13)19(25)17(16)18(21-20(22)26)14-7-9-15(24)10-8-14/h2-10,18,24H,11-12H2,1H3,(H,21,26)/t18-/m1/s1. The number of amides is 3. The van der Waals surface area contributed by atoms with Crippen LogP contribution in [0.15, 0.2) is 65.9 Å². The molecule has 0 spiro atoms. The topological polar surface area (TPSA) is 72.9 Å². The Morgan fingerprint density at radius 3 is 2.46 bits per heavy atom. The van der Waals surface area contributed by atoms with Crippen LogP contribution in [0.4, 0.5) is 4.79 Å². The van der Waals surface area contributed by atoms with Crippen molar-refractivity contribution in [3.05, 3.63) is 77.0 Å². The van der Waals surface area contributed by atoms with Gasteiger partial charge in [0.05, 0.1) is 23.9 Å². The van der Waals surface area contributed by atoms with Gasteiger partial charge in [0.1, 0.15) is 5.75 Å². The first kappa shape index (κ1) is 16.2. The molecule has 2 aliphatic rings. The van der Waals surface area contributed by atoms with Crippen molar-refractivity contribution in [2.24, 2.45) is 0 Å². The number of phenols is 1. The SMILES string of the molecule is CN1C(=O)N[C@H](c2ccc(O)cc2)C2=C1CN(Cc1ccccc1)C2=O. The highest BCUT2D eigenvalue weighted by Gasteiger charge is 2.42. The van der Waals surface area contributed by atoms with Gasteiger partial charge < -0.3 is 15.3 Å². The second kappa shape index (κ2) is 6.22. The summed E-state index contributed by atoms with van der Waals surface area (Å²) in [6, 6.07) is 15.6. The summed E-state index contributed by atoms with van der Waals surface area (Å²) in [6.07, 6.45) is 0. The summed E-state index contributed by atoms with van der Waals surface area (Å²) in [5.74, 6) is 0.0689. The summed E-state index contributed by atoms with van der Waals surface area (Å²) in [5.41, 5.74) is 3.14. The molecule has 3 amide bonds. The van der Waals surface area contributed by atoms with Crippen molar-refractivity contribution >= 4 is 11.9 Å². The van der Waals surface area contributed by atoms with Crippen LogP contribution < -0.4 is 5.32 Å². The van der Waals surface area contributed by atoms with Gasteiger partial charge >= 0.3 is 6.03 Å². The number of rotatable bonds is 3. The van der Waals surface area contributed by atoms with Gasteiger partial charge in [0, 0.05) is 13.6 Å². The second-order valence-electron chi connectivity index (χ2n) is 6.54. The van der Waals surface area contributed by atoms with E-state index in [9.17, 15) is 14.7 Å². The molecule has 0 bridgehead atoms. The lowest BCUT2D eigenvalue weighted by atomic mass is 9.95. The summed E-state index contributed by atoms with van der Waals surface area (Å²) < 4.78 is 0. The van der Waals surface area contributed by atoms with Gasteiger partial charge in [-0.25, -0.2) is 4.79 Å². The minimum atomic E-state index is -0.512. The number of urea groups is 1. The highest BCUT2D eigenvalue weighted by molar-refractivity contribution is 6.01. The van der Waals surface area contributed by atoms with E-state index in [2.05, 4.69) is 5.32 Å². The average molecular weight is 349 g/mol. The molecule has 6 nitrogen and oxygen atoms in total. The Bertz CT molecular complexity index is 890. The highest BCUT2D eigenvalue weighted by Crippen LogP contribution is 2.36. The number of nitrogens with one attached hydrogen (secondary N) is 1. The molecule has 0 aliphatic carbocycles. The van der Waals surface area contributed by atoms with Gasteiger partial charge in [0.25, 0.3) is 5.91 Å². The maximum atomic E-state index is 13.1. The van der Waals surface area contributed by atoms with Crippen LogP contribution in [0.3, 0.4) is 0 Å². The number of carbonyl (C=O) groups excluding carboxylic acids is 2. The molecule has 26 heavy (non-hydrogen) atoms. The minimum Gasteiger partial charge on any atom is -0.508 e. The zero-order valence-corrected chi connectivity index (χ0v) is 14.3. The molecule has 0 saturated heterocycles. The quantitative estimate of drug-likeness (QED) is 0.894. The van der Waals surface area contributed by atoms with E-state index in [1.54, 1.807) is 36.2 Å². The van der Waals surface area contributed by atoms with Gasteiger partial charge in [-0.1, -0.05) is 42.5 Å². The third-order valence-corrected chi connectivity index (χ3v) is 4.88. The van der Waals surface area contributed by atoms with Crippen LogP contribution in [0, 0.1) is 0 Å². The van der Waals surface area contributed by atoms with Crippen LogP contribution in [0.5, 0.6) is 5.75 Å². The first-order valence-corrected chi connectivity index (χ1v) is 8.44. The smallest absolute Gasteiger partial charge is 0.322 e. The van der Waals surface area contributed by atoms with E-state index in [1.807, 2.05) is 30.3 Å². The first-order chi connectivity index (χ1) is 12.5. The molecule has 2 heterocycles. The Kier molecular flexibility index (Phi) is 3.88.